The summed E-state index contributed by atoms with van der Waals surface area (Å²) in [4.78, 5) is 0. The van der Waals surface area contributed by atoms with Crippen LogP contribution in [-0.4, -0.2) is 4.57 Å². The Morgan fingerprint density at radius 1 is 1.44 bits per heavy atom. The third-order valence-electron chi connectivity index (χ3n) is 2.59. The summed E-state index contributed by atoms with van der Waals surface area (Å²) >= 11 is 9.49. The first-order valence-corrected chi connectivity index (χ1v) is 6.51. The lowest BCUT2D eigenvalue weighted by Gasteiger charge is -2.07. The van der Waals surface area contributed by atoms with Gasteiger partial charge in [0.25, 0.3) is 0 Å². The van der Waals surface area contributed by atoms with Crippen LogP contribution in [0.1, 0.15) is 11.3 Å². The normalized spacial score (nSPS) is 10.1. The number of rotatable bonds is 3. The van der Waals surface area contributed by atoms with Crippen molar-refractivity contribution in [2.45, 2.75) is 6.54 Å². The van der Waals surface area contributed by atoms with Crippen molar-refractivity contribution in [2.75, 3.05) is 5.32 Å². The predicted molar refractivity (Wildman–Crippen MR) is 76.6 cm³/mol. The highest BCUT2D eigenvalue weighted by Gasteiger charge is 2.04. The highest BCUT2D eigenvalue weighted by molar-refractivity contribution is 9.10. The zero-order valence-corrected chi connectivity index (χ0v) is 12.1. The van der Waals surface area contributed by atoms with Crippen LogP contribution in [0, 0.1) is 11.3 Å². The fourth-order valence-corrected chi connectivity index (χ4v) is 2.22. The lowest BCUT2D eigenvalue weighted by molar-refractivity contribution is 0.902. The van der Waals surface area contributed by atoms with Crippen LogP contribution in [-0.2, 0) is 13.6 Å². The maximum atomic E-state index is 8.88. The maximum Gasteiger partial charge on any atom is 0.120 e. The van der Waals surface area contributed by atoms with E-state index in [4.69, 9.17) is 16.9 Å². The van der Waals surface area contributed by atoms with Crippen LogP contribution in [0.4, 0.5) is 5.69 Å². The molecule has 0 aliphatic carbocycles. The van der Waals surface area contributed by atoms with Crippen molar-refractivity contribution in [1.82, 2.24) is 4.57 Å². The summed E-state index contributed by atoms with van der Waals surface area (Å²) in [5.74, 6) is 0. The van der Waals surface area contributed by atoms with E-state index in [9.17, 15) is 0 Å². The van der Waals surface area contributed by atoms with Crippen LogP contribution in [0.15, 0.2) is 34.9 Å². The van der Waals surface area contributed by atoms with Crippen molar-refractivity contribution >= 4 is 33.2 Å². The molecule has 3 nitrogen and oxygen atoms in total. The fraction of sp³-hybridized carbons (Fsp3) is 0.154. The molecule has 0 atom stereocenters. The minimum Gasteiger partial charge on any atom is -0.380 e. The fourth-order valence-electron chi connectivity index (χ4n) is 1.67. The number of benzene rings is 1. The Kier molecular flexibility index (Phi) is 3.95. The zero-order valence-electron chi connectivity index (χ0n) is 9.74. The van der Waals surface area contributed by atoms with Crippen LogP contribution in [0.5, 0.6) is 0 Å². The quantitative estimate of drug-likeness (QED) is 0.929. The average Bonchev–Trinajstić information content (AvgIpc) is 2.71. The largest absolute Gasteiger partial charge is 0.380 e. The first kappa shape index (κ1) is 13.0. The molecular weight excluding hydrogens is 314 g/mol. The monoisotopic (exact) mass is 323 g/mol. The van der Waals surface area contributed by atoms with Gasteiger partial charge in [0, 0.05) is 24.3 Å². The molecule has 0 radical (unpaired) electrons. The molecule has 0 aliphatic rings. The second-order valence-electron chi connectivity index (χ2n) is 3.93. The highest BCUT2D eigenvalue weighted by Crippen LogP contribution is 2.26. The van der Waals surface area contributed by atoms with Crippen LogP contribution in [0.25, 0.3) is 0 Å². The van der Waals surface area contributed by atoms with E-state index in [0.717, 1.165) is 15.7 Å². The van der Waals surface area contributed by atoms with E-state index in [1.165, 1.54) is 0 Å². The van der Waals surface area contributed by atoms with Crippen LogP contribution >= 0.6 is 27.5 Å². The van der Waals surface area contributed by atoms with Crippen molar-refractivity contribution in [3.63, 3.8) is 0 Å². The van der Waals surface area contributed by atoms with Crippen molar-refractivity contribution in [3.05, 3.63) is 51.2 Å². The smallest absolute Gasteiger partial charge is 0.120 e. The van der Waals surface area contributed by atoms with E-state index in [2.05, 4.69) is 27.3 Å². The van der Waals surface area contributed by atoms with E-state index in [-0.39, 0.29) is 0 Å². The van der Waals surface area contributed by atoms with E-state index in [0.29, 0.717) is 17.3 Å². The molecule has 1 N–H and O–H groups in total. The van der Waals surface area contributed by atoms with Gasteiger partial charge < -0.3 is 9.88 Å². The number of hydrogen-bond donors (Lipinski definition) is 1. The number of halogens is 2. The molecule has 0 bridgehead atoms. The van der Waals surface area contributed by atoms with Gasteiger partial charge in [-0.25, -0.2) is 0 Å². The average molecular weight is 325 g/mol. The number of hydrogen-bond acceptors (Lipinski definition) is 2. The van der Waals surface area contributed by atoms with Gasteiger partial charge in [0.2, 0.25) is 0 Å². The third kappa shape index (κ3) is 2.87. The van der Waals surface area contributed by atoms with Crippen LogP contribution in [0.3, 0.4) is 0 Å². The minimum absolute atomic E-state index is 0.631. The van der Waals surface area contributed by atoms with Crippen molar-refractivity contribution < 1.29 is 0 Å². The summed E-state index contributed by atoms with van der Waals surface area (Å²) in [6, 6.07) is 9.65. The number of nitrogens with one attached hydrogen (secondary N) is 1. The second kappa shape index (κ2) is 5.47. The number of nitriles is 1. The van der Waals surface area contributed by atoms with Gasteiger partial charge in [-0.05, 0) is 29.8 Å². The Morgan fingerprint density at radius 2 is 2.22 bits per heavy atom. The summed E-state index contributed by atoms with van der Waals surface area (Å²) in [6.45, 7) is 0.631. The Labute approximate surface area is 119 Å². The Morgan fingerprint density at radius 3 is 2.89 bits per heavy atom. The molecule has 1 aromatic carbocycles. The van der Waals surface area contributed by atoms with E-state index >= 15 is 0 Å². The SMILES string of the molecule is Cn1cc(CNc2cc(Br)ccc2Cl)cc1C#N. The van der Waals surface area contributed by atoms with Crippen LogP contribution < -0.4 is 5.32 Å². The van der Waals surface area contributed by atoms with Gasteiger partial charge in [0.15, 0.2) is 0 Å². The standard InChI is InChI=1S/C13H11BrClN3/c1-18-8-9(4-11(18)6-16)7-17-13-5-10(14)2-3-12(13)15/h2-5,8,17H,7H2,1H3. The summed E-state index contributed by atoms with van der Waals surface area (Å²) in [7, 11) is 1.86. The summed E-state index contributed by atoms with van der Waals surface area (Å²) in [5, 5.41) is 12.8. The summed E-state index contributed by atoms with van der Waals surface area (Å²) in [5.41, 5.74) is 2.56. The zero-order chi connectivity index (χ0) is 13.1. The van der Waals surface area contributed by atoms with E-state index < -0.39 is 0 Å². The van der Waals surface area contributed by atoms with Gasteiger partial charge >= 0.3 is 0 Å². The number of anilines is 1. The molecule has 1 aromatic heterocycles. The first-order chi connectivity index (χ1) is 8.60. The molecule has 92 valence electrons. The maximum absolute atomic E-state index is 8.88. The molecule has 0 aliphatic heterocycles. The molecule has 2 aromatic rings. The molecule has 0 saturated carbocycles. The topological polar surface area (TPSA) is 40.8 Å². The van der Waals surface area contributed by atoms with Gasteiger partial charge in [-0.2, -0.15) is 5.26 Å². The van der Waals surface area contributed by atoms with Gasteiger partial charge in [-0.15, -0.1) is 0 Å². The molecule has 0 saturated heterocycles. The predicted octanol–water partition coefficient (Wildman–Crippen LogP) is 3.92. The molecule has 0 spiro atoms. The molecule has 0 unspecified atom stereocenters. The second-order valence-corrected chi connectivity index (χ2v) is 5.26. The lowest BCUT2D eigenvalue weighted by atomic mass is 10.3. The van der Waals surface area contributed by atoms with Gasteiger partial charge in [-0.1, -0.05) is 27.5 Å². The summed E-state index contributed by atoms with van der Waals surface area (Å²) < 4.78 is 2.78. The highest BCUT2D eigenvalue weighted by atomic mass is 79.9. The van der Waals surface area contributed by atoms with Crippen molar-refractivity contribution in [1.29, 1.82) is 5.26 Å². The Bertz CT molecular complexity index is 613. The number of aryl methyl sites for hydroxylation is 1. The molecule has 0 amide bonds. The first-order valence-electron chi connectivity index (χ1n) is 5.34. The van der Waals surface area contributed by atoms with Crippen LogP contribution in [0.2, 0.25) is 5.02 Å². The molecule has 5 heteroatoms. The number of aromatic nitrogens is 1. The lowest BCUT2D eigenvalue weighted by Crippen LogP contribution is -1.99. The Hall–Kier alpha value is -1.44. The molecular formula is C13H11BrClN3. The van der Waals surface area contributed by atoms with E-state index in [1.807, 2.05) is 37.5 Å². The summed E-state index contributed by atoms with van der Waals surface area (Å²) in [6.07, 6.45) is 1.93. The Balaban J connectivity index is 2.11. The molecule has 0 fully saturated rings. The number of nitrogens with zero attached hydrogens (tertiary/aromatic N) is 2. The molecule has 1 heterocycles. The third-order valence-corrected chi connectivity index (χ3v) is 3.41. The van der Waals surface area contributed by atoms with Gasteiger partial charge in [0.1, 0.15) is 11.8 Å². The van der Waals surface area contributed by atoms with Crippen molar-refractivity contribution in [2.24, 2.45) is 7.05 Å². The minimum atomic E-state index is 0.631. The molecule has 2 rings (SSSR count). The van der Waals surface area contributed by atoms with Gasteiger partial charge in [0.05, 0.1) is 10.7 Å². The van der Waals surface area contributed by atoms with E-state index in [1.54, 1.807) is 4.57 Å². The van der Waals surface area contributed by atoms with Gasteiger partial charge in [-0.3, -0.25) is 0 Å². The van der Waals surface area contributed by atoms with Crippen molar-refractivity contribution in [3.8, 4) is 6.07 Å². The molecule has 18 heavy (non-hydrogen) atoms.